The lowest BCUT2D eigenvalue weighted by molar-refractivity contribution is 0.284. The fraction of sp³-hybridized carbons (Fsp3) is 0.400. The number of aliphatic hydroxyl groups is 1. The van der Waals surface area contributed by atoms with Crippen molar-refractivity contribution in [3.8, 4) is 16.3 Å². The van der Waals surface area contributed by atoms with Crippen LogP contribution in [0.1, 0.15) is 36.3 Å². The van der Waals surface area contributed by atoms with Crippen molar-refractivity contribution in [1.82, 2.24) is 4.98 Å². The third-order valence-electron chi connectivity index (χ3n) is 3.25. The van der Waals surface area contributed by atoms with E-state index in [1.54, 1.807) is 11.3 Å². The Hall–Kier alpha value is -1.39. The zero-order chi connectivity index (χ0) is 13.2. The van der Waals surface area contributed by atoms with Crippen molar-refractivity contribution in [3.05, 3.63) is 34.8 Å². The van der Waals surface area contributed by atoms with Crippen molar-refractivity contribution in [3.63, 3.8) is 0 Å². The van der Waals surface area contributed by atoms with Crippen molar-refractivity contribution in [1.29, 1.82) is 0 Å². The highest BCUT2D eigenvalue weighted by Crippen LogP contribution is 2.44. The summed E-state index contributed by atoms with van der Waals surface area (Å²) in [5.41, 5.74) is 2.20. The van der Waals surface area contributed by atoms with Crippen molar-refractivity contribution in [2.24, 2.45) is 0 Å². The van der Waals surface area contributed by atoms with Gasteiger partial charge in [0.25, 0.3) is 0 Å². The van der Waals surface area contributed by atoms with Crippen LogP contribution in [0.2, 0.25) is 0 Å². The third kappa shape index (κ3) is 2.65. The molecule has 4 heteroatoms. The van der Waals surface area contributed by atoms with E-state index < -0.39 is 0 Å². The van der Waals surface area contributed by atoms with E-state index in [2.05, 4.69) is 0 Å². The smallest absolute Gasteiger partial charge is 0.123 e. The summed E-state index contributed by atoms with van der Waals surface area (Å²) in [7, 11) is 0. The SMILES string of the molecule is CCOc1ccc(-c2nc(C3CC3)c(CO)s2)cc1. The molecule has 0 atom stereocenters. The lowest BCUT2D eigenvalue weighted by atomic mass is 10.2. The van der Waals surface area contributed by atoms with Gasteiger partial charge in [0.2, 0.25) is 0 Å². The predicted octanol–water partition coefficient (Wildman–Crippen LogP) is 3.58. The quantitative estimate of drug-likeness (QED) is 0.907. The van der Waals surface area contributed by atoms with Gasteiger partial charge in [-0.15, -0.1) is 11.3 Å². The Morgan fingerprint density at radius 2 is 2.05 bits per heavy atom. The molecule has 1 fully saturated rings. The van der Waals surface area contributed by atoms with Gasteiger partial charge in [-0.2, -0.15) is 0 Å². The van der Waals surface area contributed by atoms with E-state index in [-0.39, 0.29) is 6.61 Å². The van der Waals surface area contributed by atoms with Crippen molar-refractivity contribution < 1.29 is 9.84 Å². The Bertz CT molecular complexity index is 558. The molecule has 1 saturated carbocycles. The van der Waals surface area contributed by atoms with E-state index >= 15 is 0 Å². The minimum Gasteiger partial charge on any atom is -0.494 e. The molecule has 1 aromatic carbocycles. The third-order valence-corrected chi connectivity index (χ3v) is 4.35. The second-order valence-corrected chi connectivity index (χ2v) is 5.80. The Morgan fingerprint density at radius 3 is 2.63 bits per heavy atom. The van der Waals surface area contributed by atoms with Gasteiger partial charge in [-0.3, -0.25) is 0 Å². The van der Waals surface area contributed by atoms with E-state index in [0.717, 1.165) is 26.9 Å². The van der Waals surface area contributed by atoms with E-state index in [9.17, 15) is 5.11 Å². The van der Waals surface area contributed by atoms with E-state index in [4.69, 9.17) is 9.72 Å². The first-order valence-electron chi connectivity index (χ1n) is 6.65. The average molecular weight is 275 g/mol. The molecule has 3 nitrogen and oxygen atoms in total. The minimum atomic E-state index is 0.0977. The molecule has 0 unspecified atom stereocenters. The summed E-state index contributed by atoms with van der Waals surface area (Å²) in [6.45, 7) is 2.75. The highest BCUT2D eigenvalue weighted by atomic mass is 32.1. The summed E-state index contributed by atoms with van der Waals surface area (Å²) in [6, 6.07) is 7.99. The van der Waals surface area contributed by atoms with E-state index in [1.807, 2.05) is 31.2 Å². The predicted molar refractivity (Wildman–Crippen MR) is 76.6 cm³/mol. The molecule has 0 spiro atoms. The van der Waals surface area contributed by atoms with Gasteiger partial charge in [0.15, 0.2) is 0 Å². The van der Waals surface area contributed by atoms with Gasteiger partial charge in [-0.05, 0) is 44.0 Å². The average Bonchev–Trinajstić information content (AvgIpc) is 3.19. The van der Waals surface area contributed by atoms with Gasteiger partial charge in [0.05, 0.1) is 23.8 Å². The number of benzene rings is 1. The molecule has 1 heterocycles. The second kappa shape index (κ2) is 5.31. The Morgan fingerprint density at radius 1 is 1.32 bits per heavy atom. The molecule has 1 aliphatic rings. The lowest BCUT2D eigenvalue weighted by Crippen LogP contribution is -1.90. The van der Waals surface area contributed by atoms with Gasteiger partial charge in [0.1, 0.15) is 10.8 Å². The van der Waals surface area contributed by atoms with Crippen LogP contribution in [0.4, 0.5) is 0 Å². The van der Waals surface area contributed by atoms with Gasteiger partial charge in [0, 0.05) is 11.5 Å². The molecule has 0 amide bonds. The number of rotatable bonds is 5. The minimum absolute atomic E-state index is 0.0977. The van der Waals surface area contributed by atoms with Gasteiger partial charge >= 0.3 is 0 Å². The fourth-order valence-electron chi connectivity index (χ4n) is 2.14. The van der Waals surface area contributed by atoms with E-state index in [1.165, 1.54) is 12.8 Å². The van der Waals surface area contributed by atoms with Gasteiger partial charge in [-0.25, -0.2) is 4.98 Å². The highest BCUT2D eigenvalue weighted by molar-refractivity contribution is 7.15. The first-order valence-corrected chi connectivity index (χ1v) is 7.47. The summed E-state index contributed by atoms with van der Waals surface area (Å²) in [5, 5.41) is 10.4. The normalized spacial score (nSPS) is 14.6. The topological polar surface area (TPSA) is 42.4 Å². The van der Waals surface area contributed by atoms with Crippen LogP contribution in [0.25, 0.3) is 10.6 Å². The number of aromatic nitrogens is 1. The fourth-order valence-corrected chi connectivity index (χ4v) is 3.15. The van der Waals surface area contributed by atoms with Crippen LogP contribution in [0.3, 0.4) is 0 Å². The molecule has 0 aliphatic heterocycles. The standard InChI is InChI=1S/C15H17NO2S/c1-2-18-12-7-5-11(6-8-12)15-16-14(10-3-4-10)13(9-17)19-15/h5-8,10,17H,2-4,9H2,1H3. The molecular weight excluding hydrogens is 258 g/mol. The van der Waals surface area contributed by atoms with Gasteiger partial charge in [-0.1, -0.05) is 0 Å². The molecule has 0 bridgehead atoms. The lowest BCUT2D eigenvalue weighted by Gasteiger charge is -2.02. The Kier molecular flexibility index (Phi) is 3.53. The maximum Gasteiger partial charge on any atom is 0.123 e. The zero-order valence-electron chi connectivity index (χ0n) is 10.9. The monoisotopic (exact) mass is 275 g/mol. The van der Waals surface area contributed by atoms with Crippen LogP contribution in [-0.2, 0) is 6.61 Å². The number of aliphatic hydroxyl groups excluding tert-OH is 1. The molecular formula is C15H17NO2S. The molecule has 1 N–H and O–H groups in total. The zero-order valence-corrected chi connectivity index (χ0v) is 11.7. The molecule has 1 aliphatic carbocycles. The van der Waals surface area contributed by atoms with Gasteiger partial charge < -0.3 is 9.84 Å². The molecule has 3 rings (SSSR count). The molecule has 0 saturated heterocycles. The largest absolute Gasteiger partial charge is 0.494 e. The van der Waals surface area contributed by atoms with Crippen LogP contribution in [0.15, 0.2) is 24.3 Å². The van der Waals surface area contributed by atoms with Crippen LogP contribution >= 0.6 is 11.3 Å². The van der Waals surface area contributed by atoms with Crippen molar-refractivity contribution in [2.75, 3.05) is 6.61 Å². The number of nitrogens with zero attached hydrogens (tertiary/aromatic N) is 1. The summed E-state index contributed by atoms with van der Waals surface area (Å²) in [5.74, 6) is 1.46. The Labute approximate surface area is 116 Å². The van der Waals surface area contributed by atoms with Crippen LogP contribution in [0, 0.1) is 0 Å². The molecule has 2 aromatic rings. The number of hydrogen-bond acceptors (Lipinski definition) is 4. The van der Waals surface area contributed by atoms with Crippen molar-refractivity contribution >= 4 is 11.3 Å². The molecule has 0 radical (unpaired) electrons. The molecule has 1 aromatic heterocycles. The maximum atomic E-state index is 9.42. The van der Waals surface area contributed by atoms with Crippen LogP contribution in [0.5, 0.6) is 5.75 Å². The first kappa shape index (κ1) is 12.6. The van der Waals surface area contributed by atoms with Crippen LogP contribution in [-0.4, -0.2) is 16.7 Å². The molecule has 100 valence electrons. The van der Waals surface area contributed by atoms with E-state index in [0.29, 0.717) is 12.5 Å². The summed E-state index contributed by atoms with van der Waals surface area (Å²) in [4.78, 5) is 5.73. The van der Waals surface area contributed by atoms with Crippen molar-refractivity contribution in [2.45, 2.75) is 32.3 Å². The first-order chi connectivity index (χ1) is 9.31. The number of ether oxygens (including phenoxy) is 1. The summed E-state index contributed by atoms with van der Waals surface area (Å²) < 4.78 is 5.44. The Balaban J connectivity index is 1.88. The van der Waals surface area contributed by atoms with Crippen LogP contribution < -0.4 is 4.74 Å². The number of hydrogen-bond donors (Lipinski definition) is 1. The highest BCUT2D eigenvalue weighted by Gasteiger charge is 2.29. The number of thiazole rings is 1. The maximum absolute atomic E-state index is 9.42. The second-order valence-electron chi connectivity index (χ2n) is 4.72. The molecule has 19 heavy (non-hydrogen) atoms. The summed E-state index contributed by atoms with van der Waals surface area (Å²) in [6.07, 6.45) is 2.42. The summed E-state index contributed by atoms with van der Waals surface area (Å²) >= 11 is 1.60.